The SMILES string of the molecule is COc1ccc(Cl)cc1Cn1cc(N)c(C(N)=O)n1. The highest BCUT2D eigenvalue weighted by Gasteiger charge is 2.12. The Labute approximate surface area is 114 Å². The van der Waals surface area contributed by atoms with E-state index in [0.717, 1.165) is 5.56 Å². The van der Waals surface area contributed by atoms with Gasteiger partial charge in [-0.05, 0) is 18.2 Å². The van der Waals surface area contributed by atoms with Gasteiger partial charge in [-0.15, -0.1) is 0 Å². The molecule has 0 fully saturated rings. The molecule has 19 heavy (non-hydrogen) atoms. The summed E-state index contributed by atoms with van der Waals surface area (Å²) >= 11 is 5.94. The number of benzene rings is 1. The molecule has 6 nitrogen and oxygen atoms in total. The number of aromatic nitrogens is 2. The summed E-state index contributed by atoms with van der Waals surface area (Å²) in [6, 6.07) is 5.26. The molecule has 0 aliphatic heterocycles. The van der Waals surface area contributed by atoms with Gasteiger partial charge in [0.25, 0.3) is 5.91 Å². The zero-order valence-corrected chi connectivity index (χ0v) is 11.0. The molecule has 0 aliphatic carbocycles. The zero-order valence-electron chi connectivity index (χ0n) is 10.3. The molecule has 1 amide bonds. The third-order valence-electron chi connectivity index (χ3n) is 2.60. The molecule has 2 rings (SSSR count). The molecule has 0 unspecified atom stereocenters. The predicted molar refractivity (Wildman–Crippen MR) is 72.3 cm³/mol. The second kappa shape index (κ2) is 5.19. The van der Waals surface area contributed by atoms with Gasteiger partial charge < -0.3 is 16.2 Å². The zero-order chi connectivity index (χ0) is 14.0. The lowest BCUT2D eigenvalue weighted by Crippen LogP contribution is -2.14. The number of hydrogen-bond donors (Lipinski definition) is 2. The molecular formula is C12H13ClN4O2. The highest BCUT2D eigenvalue weighted by atomic mass is 35.5. The maximum Gasteiger partial charge on any atom is 0.271 e. The van der Waals surface area contributed by atoms with Crippen molar-refractivity contribution in [3.05, 3.63) is 40.7 Å². The molecule has 0 spiro atoms. The summed E-state index contributed by atoms with van der Waals surface area (Å²) in [6.45, 7) is 0.376. The lowest BCUT2D eigenvalue weighted by molar-refractivity contribution is 0.0995. The standard InChI is InChI=1S/C12H13ClN4O2/c1-19-10-3-2-8(13)4-7(10)5-17-6-9(14)11(16-17)12(15)18/h2-4,6H,5,14H2,1H3,(H2,15,18). The molecule has 1 aromatic heterocycles. The minimum absolute atomic E-state index is 0.0565. The number of amides is 1. The van der Waals surface area contributed by atoms with E-state index in [2.05, 4.69) is 5.10 Å². The van der Waals surface area contributed by atoms with Gasteiger partial charge in [0.15, 0.2) is 5.69 Å². The Morgan fingerprint density at radius 3 is 2.84 bits per heavy atom. The van der Waals surface area contributed by atoms with Gasteiger partial charge in [-0.3, -0.25) is 9.48 Å². The Balaban J connectivity index is 2.33. The van der Waals surface area contributed by atoms with Crippen molar-refractivity contribution >= 4 is 23.2 Å². The number of carbonyl (C=O) groups is 1. The lowest BCUT2D eigenvalue weighted by Gasteiger charge is -2.08. The number of ether oxygens (including phenoxy) is 1. The van der Waals surface area contributed by atoms with Crippen LogP contribution in [0.15, 0.2) is 24.4 Å². The van der Waals surface area contributed by atoms with Gasteiger partial charge in [-0.25, -0.2) is 0 Å². The van der Waals surface area contributed by atoms with E-state index in [1.165, 1.54) is 4.68 Å². The lowest BCUT2D eigenvalue weighted by atomic mass is 10.2. The summed E-state index contributed by atoms with van der Waals surface area (Å²) in [4.78, 5) is 11.1. The molecule has 7 heteroatoms. The van der Waals surface area contributed by atoms with E-state index >= 15 is 0 Å². The van der Waals surface area contributed by atoms with Crippen LogP contribution in [0.1, 0.15) is 16.1 Å². The maximum atomic E-state index is 11.1. The van der Waals surface area contributed by atoms with E-state index in [1.807, 2.05) is 0 Å². The molecule has 0 atom stereocenters. The Bertz CT molecular complexity index is 624. The van der Waals surface area contributed by atoms with Crippen LogP contribution in [0, 0.1) is 0 Å². The van der Waals surface area contributed by atoms with Crippen LogP contribution in [0.5, 0.6) is 5.75 Å². The van der Waals surface area contributed by atoms with Gasteiger partial charge in [-0.1, -0.05) is 11.6 Å². The highest BCUT2D eigenvalue weighted by molar-refractivity contribution is 6.30. The van der Waals surface area contributed by atoms with Crippen molar-refractivity contribution in [2.45, 2.75) is 6.54 Å². The minimum atomic E-state index is -0.658. The Morgan fingerprint density at radius 2 is 2.26 bits per heavy atom. The second-order valence-corrected chi connectivity index (χ2v) is 4.39. The van der Waals surface area contributed by atoms with Gasteiger partial charge in [0.05, 0.1) is 19.3 Å². The van der Waals surface area contributed by atoms with Crippen molar-refractivity contribution in [3.63, 3.8) is 0 Å². The van der Waals surface area contributed by atoms with E-state index in [4.69, 9.17) is 27.8 Å². The number of halogens is 1. The van der Waals surface area contributed by atoms with E-state index in [1.54, 1.807) is 31.5 Å². The maximum absolute atomic E-state index is 11.1. The summed E-state index contributed by atoms with van der Waals surface area (Å²) in [5, 5.41) is 4.62. The molecule has 0 saturated heterocycles. The van der Waals surface area contributed by atoms with Crippen LogP contribution in [0.3, 0.4) is 0 Å². The van der Waals surface area contributed by atoms with E-state index in [-0.39, 0.29) is 11.4 Å². The monoisotopic (exact) mass is 280 g/mol. The van der Waals surface area contributed by atoms with Crippen LogP contribution in [-0.2, 0) is 6.54 Å². The third-order valence-corrected chi connectivity index (χ3v) is 2.83. The molecule has 0 bridgehead atoms. The molecule has 4 N–H and O–H groups in total. The number of nitrogen functional groups attached to an aromatic ring is 1. The van der Waals surface area contributed by atoms with Crippen LogP contribution >= 0.6 is 11.6 Å². The molecule has 1 aromatic carbocycles. The predicted octanol–water partition coefficient (Wildman–Crippen LogP) is 1.27. The molecular weight excluding hydrogens is 268 g/mol. The number of rotatable bonds is 4. The van der Waals surface area contributed by atoms with Gasteiger partial charge in [0.2, 0.25) is 0 Å². The molecule has 100 valence electrons. The Morgan fingerprint density at radius 1 is 1.53 bits per heavy atom. The molecule has 0 saturated carbocycles. The van der Waals surface area contributed by atoms with Crippen LogP contribution in [0.25, 0.3) is 0 Å². The van der Waals surface area contributed by atoms with Gasteiger partial charge in [0, 0.05) is 16.8 Å². The van der Waals surface area contributed by atoms with Gasteiger partial charge in [0.1, 0.15) is 5.75 Å². The van der Waals surface area contributed by atoms with Crippen molar-refractivity contribution in [1.82, 2.24) is 9.78 Å². The number of hydrogen-bond acceptors (Lipinski definition) is 4. The topological polar surface area (TPSA) is 96.2 Å². The average Bonchev–Trinajstić information content (AvgIpc) is 2.71. The summed E-state index contributed by atoms with van der Waals surface area (Å²) in [5.74, 6) is 0.0217. The molecule has 2 aromatic rings. The van der Waals surface area contributed by atoms with Gasteiger partial charge in [-0.2, -0.15) is 5.10 Å². The van der Waals surface area contributed by atoms with Crippen LogP contribution < -0.4 is 16.2 Å². The fraction of sp³-hybridized carbons (Fsp3) is 0.167. The first-order valence-corrected chi connectivity index (χ1v) is 5.84. The fourth-order valence-corrected chi connectivity index (χ4v) is 1.95. The van der Waals surface area contributed by atoms with Crippen LogP contribution in [0.4, 0.5) is 5.69 Å². The van der Waals surface area contributed by atoms with Crippen LogP contribution in [-0.4, -0.2) is 22.8 Å². The first kappa shape index (κ1) is 13.2. The number of nitrogens with zero attached hydrogens (tertiary/aromatic N) is 2. The largest absolute Gasteiger partial charge is 0.496 e. The second-order valence-electron chi connectivity index (χ2n) is 3.95. The smallest absolute Gasteiger partial charge is 0.271 e. The third kappa shape index (κ3) is 2.79. The summed E-state index contributed by atoms with van der Waals surface area (Å²) in [7, 11) is 1.57. The first-order chi connectivity index (χ1) is 9.01. The van der Waals surface area contributed by atoms with E-state index < -0.39 is 5.91 Å². The van der Waals surface area contributed by atoms with E-state index in [9.17, 15) is 4.79 Å². The normalized spacial score (nSPS) is 10.4. The first-order valence-electron chi connectivity index (χ1n) is 5.46. The number of nitrogens with two attached hydrogens (primary N) is 2. The van der Waals surface area contributed by atoms with Crippen molar-refractivity contribution in [2.75, 3.05) is 12.8 Å². The Kier molecular flexibility index (Phi) is 3.62. The minimum Gasteiger partial charge on any atom is -0.496 e. The summed E-state index contributed by atoms with van der Waals surface area (Å²) < 4.78 is 6.75. The highest BCUT2D eigenvalue weighted by Crippen LogP contribution is 2.23. The van der Waals surface area contributed by atoms with Crippen molar-refractivity contribution < 1.29 is 9.53 Å². The van der Waals surface area contributed by atoms with Crippen LogP contribution in [0.2, 0.25) is 5.02 Å². The van der Waals surface area contributed by atoms with E-state index in [0.29, 0.717) is 17.3 Å². The molecule has 1 heterocycles. The number of anilines is 1. The quantitative estimate of drug-likeness (QED) is 0.881. The van der Waals surface area contributed by atoms with Crippen molar-refractivity contribution in [3.8, 4) is 5.75 Å². The average molecular weight is 281 g/mol. The molecule has 0 aliphatic rings. The summed E-state index contributed by atoms with van der Waals surface area (Å²) in [6.07, 6.45) is 1.54. The number of carbonyl (C=O) groups excluding carboxylic acids is 1. The Hall–Kier alpha value is -2.21. The number of methoxy groups -OCH3 is 1. The molecule has 0 radical (unpaired) electrons. The van der Waals surface area contributed by atoms with Crippen molar-refractivity contribution in [1.29, 1.82) is 0 Å². The number of primary amides is 1. The van der Waals surface area contributed by atoms with Crippen molar-refractivity contribution in [2.24, 2.45) is 5.73 Å². The summed E-state index contributed by atoms with van der Waals surface area (Å²) in [5.41, 5.74) is 11.9. The van der Waals surface area contributed by atoms with Gasteiger partial charge >= 0.3 is 0 Å². The fourth-order valence-electron chi connectivity index (χ4n) is 1.75.